The van der Waals surface area contributed by atoms with Crippen LogP contribution < -0.4 is 0 Å². The van der Waals surface area contributed by atoms with E-state index in [1.165, 1.54) is 161 Å². The number of ether oxygens (including phenoxy) is 2. The summed E-state index contributed by atoms with van der Waals surface area (Å²) in [5, 5.41) is 18.4. The fourth-order valence-electron chi connectivity index (χ4n) is 7.15. The molecule has 0 heterocycles. The van der Waals surface area contributed by atoms with E-state index in [9.17, 15) is 19.4 Å². The van der Waals surface area contributed by atoms with Crippen LogP contribution in [0.4, 0.5) is 0 Å². The number of rotatable bonds is 49. The molecule has 0 aromatic rings. The fraction of sp³-hybridized carbons (Fsp3) is 0.863. The normalized spacial score (nSPS) is 14.1. The van der Waals surface area contributed by atoms with E-state index in [1.807, 2.05) is 0 Å². The predicted molar refractivity (Wildman–Crippen MR) is 256 cm³/mol. The summed E-state index contributed by atoms with van der Waals surface area (Å²) >= 11 is 0. The van der Waals surface area contributed by atoms with E-state index in [4.69, 9.17) is 23.6 Å². The predicted octanol–water partition coefficient (Wildman–Crippen LogP) is 14.8. The van der Waals surface area contributed by atoms with Crippen molar-refractivity contribution in [1.82, 2.24) is 0 Å². The van der Waals surface area contributed by atoms with Gasteiger partial charge in [0.2, 0.25) is 0 Å². The Labute approximate surface area is 375 Å². The molecule has 9 nitrogen and oxygen atoms in total. The maximum absolute atomic E-state index is 12.7. The molecule has 0 amide bonds. The standard InChI is InChI=1S/C51H97O9P/c1-3-5-7-9-11-13-15-17-19-21-23-24-25-26-28-30-32-34-36-38-40-42-44-57-47-50(48-59-61(55,56)58-46-49(53)45-52)60-51(54)43-41-39-37-35-33-31-29-27-22-20-18-16-14-12-10-8-6-4-2/h15,17,20-23,49-50,52-53H,3-14,16,18-19,24-48H2,1-2H3,(H,55,56)/b17-15-,22-20-,23-21-. The number of esters is 1. The second-order valence-corrected chi connectivity index (χ2v) is 18.6. The second-order valence-electron chi connectivity index (χ2n) is 17.2. The van der Waals surface area contributed by atoms with Crippen molar-refractivity contribution in [2.75, 3.05) is 33.0 Å². The smallest absolute Gasteiger partial charge is 0.457 e. The first-order valence-electron chi connectivity index (χ1n) is 25.5. The van der Waals surface area contributed by atoms with Crippen molar-refractivity contribution in [2.45, 2.75) is 251 Å². The van der Waals surface area contributed by atoms with E-state index in [0.29, 0.717) is 6.61 Å². The number of hydrogen-bond donors (Lipinski definition) is 3. The molecule has 360 valence electrons. The van der Waals surface area contributed by atoms with Crippen LogP contribution in [0.3, 0.4) is 0 Å². The lowest BCUT2D eigenvalue weighted by Crippen LogP contribution is -2.29. The van der Waals surface area contributed by atoms with Crippen LogP contribution in [0.1, 0.15) is 239 Å². The zero-order valence-electron chi connectivity index (χ0n) is 39.6. The number of aliphatic hydroxyl groups excluding tert-OH is 2. The van der Waals surface area contributed by atoms with Crippen LogP contribution in [0.15, 0.2) is 36.5 Å². The minimum atomic E-state index is -4.52. The van der Waals surface area contributed by atoms with Gasteiger partial charge in [0.1, 0.15) is 12.2 Å². The SMILES string of the molecule is CCCCCCC/C=C\C/C=C\CCCCCCCCCCCCOCC(COP(=O)(O)OCC(O)CO)OC(=O)CCCCCCCCC/C=C\CCCCCCCCC. The zero-order valence-corrected chi connectivity index (χ0v) is 40.5. The van der Waals surface area contributed by atoms with Crippen LogP contribution >= 0.6 is 7.82 Å². The van der Waals surface area contributed by atoms with Crippen LogP contribution in [0.2, 0.25) is 0 Å². The third-order valence-corrected chi connectivity index (χ3v) is 12.0. The van der Waals surface area contributed by atoms with Gasteiger partial charge in [-0.1, -0.05) is 198 Å². The molecular formula is C51H97O9P. The van der Waals surface area contributed by atoms with Gasteiger partial charge in [0.25, 0.3) is 0 Å². The summed E-state index contributed by atoms with van der Waals surface area (Å²) in [6.07, 6.45) is 53.9. The van der Waals surface area contributed by atoms with Crippen LogP contribution in [-0.2, 0) is 27.9 Å². The third kappa shape index (κ3) is 48.0. The molecule has 0 aromatic carbocycles. The third-order valence-electron chi connectivity index (χ3n) is 11.0. The lowest BCUT2D eigenvalue weighted by molar-refractivity contribution is -0.154. The fourth-order valence-corrected chi connectivity index (χ4v) is 7.94. The van der Waals surface area contributed by atoms with E-state index in [1.54, 1.807) is 0 Å². The van der Waals surface area contributed by atoms with Crippen molar-refractivity contribution in [1.29, 1.82) is 0 Å². The number of phosphoric ester groups is 1. The molecule has 0 spiro atoms. The van der Waals surface area contributed by atoms with Crippen LogP contribution in [0.5, 0.6) is 0 Å². The second kappa shape index (κ2) is 48.1. The van der Waals surface area contributed by atoms with E-state index in [-0.39, 0.29) is 25.6 Å². The Morgan fingerprint density at radius 1 is 0.508 bits per heavy atom. The Morgan fingerprint density at radius 3 is 1.33 bits per heavy atom. The molecule has 0 aliphatic heterocycles. The van der Waals surface area contributed by atoms with E-state index >= 15 is 0 Å². The Morgan fingerprint density at radius 2 is 0.885 bits per heavy atom. The summed E-state index contributed by atoms with van der Waals surface area (Å²) in [7, 11) is -4.52. The van der Waals surface area contributed by atoms with Crippen molar-refractivity contribution in [3.63, 3.8) is 0 Å². The highest BCUT2D eigenvalue weighted by molar-refractivity contribution is 7.47. The van der Waals surface area contributed by atoms with Crippen LogP contribution in [0, 0.1) is 0 Å². The first-order valence-corrected chi connectivity index (χ1v) is 27.0. The molecule has 0 rings (SSSR count). The van der Waals surface area contributed by atoms with Crippen molar-refractivity contribution >= 4 is 13.8 Å². The summed E-state index contributed by atoms with van der Waals surface area (Å²) in [5.74, 6) is -0.385. The molecule has 0 saturated heterocycles. The zero-order chi connectivity index (χ0) is 44.6. The number of aliphatic hydroxyl groups is 2. The lowest BCUT2D eigenvalue weighted by Gasteiger charge is -2.20. The number of carbonyl (C=O) groups excluding carboxylic acids is 1. The van der Waals surface area contributed by atoms with Gasteiger partial charge in [0.15, 0.2) is 0 Å². The molecule has 61 heavy (non-hydrogen) atoms. The molecule has 0 fully saturated rings. The summed E-state index contributed by atoms with van der Waals surface area (Å²) in [5.41, 5.74) is 0. The quantitative estimate of drug-likeness (QED) is 0.0236. The Kier molecular flexibility index (Phi) is 47.1. The number of hydrogen-bond acceptors (Lipinski definition) is 8. The van der Waals surface area contributed by atoms with Crippen molar-refractivity contribution in [3.05, 3.63) is 36.5 Å². The summed E-state index contributed by atoms with van der Waals surface area (Å²) < 4.78 is 33.5. The highest BCUT2D eigenvalue weighted by Gasteiger charge is 2.26. The van der Waals surface area contributed by atoms with E-state index in [2.05, 4.69) is 50.3 Å². The molecular weight excluding hydrogens is 788 g/mol. The van der Waals surface area contributed by atoms with Crippen molar-refractivity contribution < 1.29 is 43.0 Å². The van der Waals surface area contributed by atoms with Gasteiger partial charge in [-0.3, -0.25) is 13.8 Å². The molecule has 0 bridgehead atoms. The monoisotopic (exact) mass is 885 g/mol. The first kappa shape index (κ1) is 59.7. The molecule has 0 aliphatic rings. The van der Waals surface area contributed by atoms with Gasteiger partial charge in [-0.25, -0.2) is 4.57 Å². The molecule has 0 aromatic heterocycles. The Balaban J connectivity index is 4.08. The molecule has 0 radical (unpaired) electrons. The average molecular weight is 885 g/mol. The maximum Gasteiger partial charge on any atom is 0.472 e. The first-order chi connectivity index (χ1) is 29.8. The Bertz CT molecular complexity index is 1050. The minimum Gasteiger partial charge on any atom is -0.457 e. The largest absolute Gasteiger partial charge is 0.472 e. The van der Waals surface area contributed by atoms with Gasteiger partial charge in [-0.05, 0) is 70.6 Å². The van der Waals surface area contributed by atoms with Gasteiger partial charge >= 0.3 is 13.8 Å². The number of carbonyl (C=O) groups is 1. The van der Waals surface area contributed by atoms with Crippen LogP contribution in [0.25, 0.3) is 0 Å². The van der Waals surface area contributed by atoms with Gasteiger partial charge in [0.05, 0.1) is 26.4 Å². The van der Waals surface area contributed by atoms with Gasteiger partial charge in [-0.15, -0.1) is 0 Å². The topological polar surface area (TPSA) is 132 Å². The van der Waals surface area contributed by atoms with Gasteiger partial charge in [0, 0.05) is 13.0 Å². The molecule has 0 aliphatic carbocycles. The maximum atomic E-state index is 12.7. The molecule has 0 saturated carbocycles. The van der Waals surface area contributed by atoms with Crippen molar-refractivity contribution in [3.8, 4) is 0 Å². The summed E-state index contributed by atoms with van der Waals surface area (Å²) in [4.78, 5) is 22.7. The summed E-state index contributed by atoms with van der Waals surface area (Å²) in [6, 6.07) is 0. The average Bonchev–Trinajstić information content (AvgIpc) is 3.25. The highest BCUT2D eigenvalue weighted by atomic mass is 31.2. The number of unbranched alkanes of at least 4 members (excludes halogenated alkanes) is 29. The van der Waals surface area contributed by atoms with Gasteiger partial charge < -0.3 is 24.6 Å². The van der Waals surface area contributed by atoms with E-state index in [0.717, 1.165) is 57.8 Å². The lowest BCUT2D eigenvalue weighted by atomic mass is 10.1. The van der Waals surface area contributed by atoms with Crippen molar-refractivity contribution in [2.24, 2.45) is 0 Å². The Hall–Kier alpha value is -1.32. The molecule has 3 atom stereocenters. The van der Waals surface area contributed by atoms with Gasteiger partial charge in [-0.2, -0.15) is 0 Å². The summed E-state index contributed by atoms with van der Waals surface area (Å²) in [6.45, 7) is 3.53. The minimum absolute atomic E-state index is 0.0470. The molecule has 3 unspecified atom stereocenters. The van der Waals surface area contributed by atoms with Crippen LogP contribution in [-0.4, -0.2) is 66.3 Å². The number of phosphoric acid groups is 1. The number of allylic oxidation sites excluding steroid dienone is 6. The highest BCUT2D eigenvalue weighted by Crippen LogP contribution is 2.43. The van der Waals surface area contributed by atoms with E-state index < -0.39 is 33.2 Å². The molecule has 3 N–H and O–H groups in total. The molecule has 10 heteroatoms.